The molecule has 0 aromatic heterocycles. The molecule has 1 aliphatic rings. The van der Waals surface area contributed by atoms with Gasteiger partial charge in [-0.15, -0.1) is 0 Å². The number of hydrogen-bond donors (Lipinski definition) is 1. The van der Waals surface area contributed by atoms with E-state index in [1.165, 1.54) is 12.8 Å². The fourth-order valence-corrected chi connectivity index (χ4v) is 2.73. The molecule has 2 unspecified atom stereocenters. The molecule has 0 aliphatic heterocycles. The van der Waals surface area contributed by atoms with Crippen LogP contribution in [-0.2, 0) is 0 Å². The van der Waals surface area contributed by atoms with E-state index in [4.69, 9.17) is 0 Å². The second kappa shape index (κ2) is 3.63. The molecule has 0 heterocycles. The van der Waals surface area contributed by atoms with Crippen molar-refractivity contribution in [2.45, 2.75) is 49.7 Å². The molecule has 0 bridgehead atoms. The zero-order valence-electron chi connectivity index (χ0n) is 6.71. The highest BCUT2D eigenvalue weighted by molar-refractivity contribution is 8.00. The van der Waals surface area contributed by atoms with E-state index in [9.17, 15) is 5.11 Å². The van der Waals surface area contributed by atoms with Crippen molar-refractivity contribution in [2.24, 2.45) is 0 Å². The molecule has 0 aromatic carbocycles. The minimum atomic E-state index is -0.0209. The lowest BCUT2D eigenvalue weighted by atomic mass is 10.3. The Morgan fingerprint density at radius 3 is 2.50 bits per heavy atom. The lowest BCUT2D eigenvalue weighted by molar-refractivity contribution is 0.188. The molecular formula is C8H16OS. The Bertz CT molecular complexity index is 103. The predicted molar refractivity (Wildman–Crippen MR) is 46.4 cm³/mol. The standard InChI is InChI=1S/C8H16OS/c1-6(2)10-8-5-3-4-7(8)9/h6-9H,3-5H2,1-2H3. The molecule has 1 aliphatic carbocycles. The second-order valence-corrected chi connectivity index (χ2v) is 5.04. The Morgan fingerprint density at radius 1 is 1.40 bits per heavy atom. The Morgan fingerprint density at radius 2 is 2.10 bits per heavy atom. The quantitative estimate of drug-likeness (QED) is 0.667. The minimum Gasteiger partial charge on any atom is -0.392 e. The Labute approximate surface area is 67.2 Å². The summed E-state index contributed by atoms with van der Waals surface area (Å²) in [6.07, 6.45) is 3.42. The summed E-state index contributed by atoms with van der Waals surface area (Å²) < 4.78 is 0. The zero-order valence-corrected chi connectivity index (χ0v) is 7.53. The van der Waals surface area contributed by atoms with E-state index in [2.05, 4.69) is 13.8 Å². The molecule has 1 fully saturated rings. The minimum absolute atomic E-state index is 0.0209. The number of aliphatic hydroxyl groups is 1. The van der Waals surface area contributed by atoms with Gasteiger partial charge in [0.05, 0.1) is 6.10 Å². The van der Waals surface area contributed by atoms with Crippen molar-refractivity contribution < 1.29 is 5.11 Å². The summed E-state index contributed by atoms with van der Waals surface area (Å²) in [5, 5.41) is 10.6. The summed E-state index contributed by atoms with van der Waals surface area (Å²) >= 11 is 1.92. The van der Waals surface area contributed by atoms with Crippen LogP contribution in [0.15, 0.2) is 0 Å². The molecule has 0 radical (unpaired) electrons. The van der Waals surface area contributed by atoms with E-state index in [0.717, 1.165) is 6.42 Å². The van der Waals surface area contributed by atoms with Gasteiger partial charge in [0.15, 0.2) is 0 Å². The van der Waals surface area contributed by atoms with E-state index in [1.54, 1.807) is 0 Å². The van der Waals surface area contributed by atoms with Crippen molar-refractivity contribution >= 4 is 11.8 Å². The van der Waals surface area contributed by atoms with E-state index >= 15 is 0 Å². The predicted octanol–water partition coefficient (Wildman–Crippen LogP) is 2.04. The maximum absolute atomic E-state index is 9.42. The number of thioether (sulfide) groups is 1. The SMILES string of the molecule is CC(C)SC1CCCC1O. The van der Waals surface area contributed by atoms with Crippen LogP contribution >= 0.6 is 11.8 Å². The van der Waals surface area contributed by atoms with Gasteiger partial charge in [0.1, 0.15) is 0 Å². The van der Waals surface area contributed by atoms with Crippen LogP contribution in [0.1, 0.15) is 33.1 Å². The van der Waals surface area contributed by atoms with E-state index in [0.29, 0.717) is 10.5 Å². The van der Waals surface area contributed by atoms with Gasteiger partial charge in [-0.3, -0.25) is 0 Å². The fraction of sp³-hybridized carbons (Fsp3) is 1.00. The van der Waals surface area contributed by atoms with Crippen LogP contribution in [-0.4, -0.2) is 21.7 Å². The number of aliphatic hydroxyl groups excluding tert-OH is 1. The van der Waals surface area contributed by atoms with Gasteiger partial charge in [0, 0.05) is 5.25 Å². The zero-order chi connectivity index (χ0) is 7.56. The van der Waals surface area contributed by atoms with Crippen molar-refractivity contribution in [3.8, 4) is 0 Å². The molecular weight excluding hydrogens is 144 g/mol. The van der Waals surface area contributed by atoms with E-state index < -0.39 is 0 Å². The van der Waals surface area contributed by atoms with Crippen molar-refractivity contribution in [2.75, 3.05) is 0 Å². The Balaban J connectivity index is 2.26. The molecule has 0 saturated heterocycles. The lowest BCUT2D eigenvalue weighted by Crippen LogP contribution is -2.17. The molecule has 1 nitrogen and oxygen atoms in total. The summed E-state index contributed by atoms with van der Waals surface area (Å²) in [5.41, 5.74) is 0. The highest BCUT2D eigenvalue weighted by Crippen LogP contribution is 2.32. The molecule has 0 amide bonds. The van der Waals surface area contributed by atoms with Crippen LogP contribution in [0.25, 0.3) is 0 Å². The maximum atomic E-state index is 9.42. The fourth-order valence-electron chi connectivity index (χ4n) is 1.41. The molecule has 1 saturated carbocycles. The van der Waals surface area contributed by atoms with Gasteiger partial charge in [0.2, 0.25) is 0 Å². The molecule has 0 spiro atoms. The van der Waals surface area contributed by atoms with Crippen LogP contribution < -0.4 is 0 Å². The highest BCUT2D eigenvalue weighted by Gasteiger charge is 2.25. The molecule has 60 valence electrons. The average Bonchev–Trinajstić information content (AvgIpc) is 2.15. The first kappa shape index (κ1) is 8.41. The van der Waals surface area contributed by atoms with Crippen molar-refractivity contribution in [1.82, 2.24) is 0 Å². The summed E-state index contributed by atoms with van der Waals surface area (Å²) in [5.74, 6) is 0. The molecule has 2 heteroatoms. The summed E-state index contributed by atoms with van der Waals surface area (Å²) in [6, 6.07) is 0. The van der Waals surface area contributed by atoms with Crippen molar-refractivity contribution in [3.63, 3.8) is 0 Å². The summed E-state index contributed by atoms with van der Waals surface area (Å²) in [4.78, 5) is 0. The van der Waals surface area contributed by atoms with Gasteiger partial charge in [-0.05, 0) is 24.5 Å². The van der Waals surface area contributed by atoms with Crippen LogP contribution in [0.2, 0.25) is 0 Å². The highest BCUT2D eigenvalue weighted by atomic mass is 32.2. The molecule has 1 rings (SSSR count). The smallest absolute Gasteiger partial charge is 0.0658 e. The number of hydrogen-bond acceptors (Lipinski definition) is 2. The van der Waals surface area contributed by atoms with E-state index in [1.807, 2.05) is 11.8 Å². The third-order valence-electron chi connectivity index (χ3n) is 1.86. The molecule has 1 N–H and O–H groups in total. The van der Waals surface area contributed by atoms with Crippen LogP contribution in [0.5, 0.6) is 0 Å². The molecule has 2 atom stereocenters. The van der Waals surface area contributed by atoms with Gasteiger partial charge >= 0.3 is 0 Å². The van der Waals surface area contributed by atoms with Gasteiger partial charge in [0.25, 0.3) is 0 Å². The maximum Gasteiger partial charge on any atom is 0.0658 e. The van der Waals surface area contributed by atoms with Crippen LogP contribution in [0.4, 0.5) is 0 Å². The van der Waals surface area contributed by atoms with Gasteiger partial charge in [-0.25, -0.2) is 0 Å². The van der Waals surface area contributed by atoms with Gasteiger partial charge in [-0.1, -0.05) is 13.8 Å². The van der Waals surface area contributed by atoms with E-state index in [-0.39, 0.29) is 6.10 Å². The normalized spacial score (nSPS) is 33.6. The van der Waals surface area contributed by atoms with Gasteiger partial charge < -0.3 is 5.11 Å². The monoisotopic (exact) mass is 160 g/mol. The van der Waals surface area contributed by atoms with Crippen LogP contribution in [0.3, 0.4) is 0 Å². The van der Waals surface area contributed by atoms with Crippen LogP contribution in [0, 0.1) is 0 Å². The first-order valence-corrected chi connectivity index (χ1v) is 4.98. The third kappa shape index (κ3) is 2.17. The first-order chi connectivity index (χ1) is 4.70. The summed E-state index contributed by atoms with van der Waals surface area (Å²) in [7, 11) is 0. The average molecular weight is 160 g/mol. The third-order valence-corrected chi connectivity index (χ3v) is 3.31. The Kier molecular flexibility index (Phi) is 3.05. The van der Waals surface area contributed by atoms with Crippen molar-refractivity contribution in [1.29, 1.82) is 0 Å². The van der Waals surface area contributed by atoms with Crippen molar-refractivity contribution in [3.05, 3.63) is 0 Å². The first-order valence-electron chi connectivity index (χ1n) is 4.03. The lowest BCUT2D eigenvalue weighted by Gasteiger charge is -2.15. The summed E-state index contributed by atoms with van der Waals surface area (Å²) in [6.45, 7) is 4.38. The Hall–Kier alpha value is 0.310. The molecule has 0 aromatic rings. The van der Waals surface area contributed by atoms with Gasteiger partial charge in [-0.2, -0.15) is 11.8 Å². The number of rotatable bonds is 2. The topological polar surface area (TPSA) is 20.2 Å². The second-order valence-electron chi connectivity index (χ2n) is 3.22. The largest absolute Gasteiger partial charge is 0.392 e. The molecule has 10 heavy (non-hydrogen) atoms.